The summed E-state index contributed by atoms with van der Waals surface area (Å²) >= 11 is 1.89. The number of anilines is 1. The third-order valence-electron chi connectivity index (χ3n) is 6.15. The molecule has 1 N–H and O–H groups in total. The maximum Gasteiger partial charge on any atom is 0.253 e. The molecule has 0 radical (unpaired) electrons. The van der Waals surface area contributed by atoms with Crippen LogP contribution >= 0.6 is 11.8 Å². The molecule has 2 aliphatic rings. The topological polar surface area (TPSA) is 52.7 Å². The molecule has 2 aliphatic heterocycles. The smallest absolute Gasteiger partial charge is 0.253 e. The number of benzene rings is 2. The van der Waals surface area contributed by atoms with Gasteiger partial charge in [0.05, 0.1) is 5.92 Å². The van der Waals surface area contributed by atoms with E-state index in [4.69, 9.17) is 0 Å². The molecule has 0 spiro atoms. The van der Waals surface area contributed by atoms with Gasteiger partial charge in [-0.25, -0.2) is 0 Å². The molecule has 6 heteroatoms. The highest BCUT2D eigenvalue weighted by molar-refractivity contribution is 7.99. The Morgan fingerprint density at radius 3 is 2.58 bits per heavy atom. The summed E-state index contributed by atoms with van der Waals surface area (Å²) in [4.78, 5) is 30.0. The highest BCUT2D eigenvalue weighted by Crippen LogP contribution is 2.23. The molecule has 1 atom stereocenters. The molecule has 4 rings (SSSR count). The van der Waals surface area contributed by atoms with Crippen molar-refractivity contribution in [2.24, 2.45) is 5.92 Å². The maximum absolute atomic E-state index is 13.0. The standard InChI is InChI=1S/C25H31N3O2S/c1-19-16-21(25(30)28-12-14-31-15-13-28)9-10-23(19)26-24(29)22-8-5-11-27(18-22)17-20-6-3-2-4-7-20/h2-4,6-7,9-10,16,22H,5,8,11-15,17-18H2,1H3,(H,26,29). The van der Waals surface area contributed by atoms with Gasteiger partial charge in [-0.15, -0.1) is 0 Å². The Kier molecular flexibility index (Phi) is 7.30. The van der Waals surface area contributed by atoms with Gasteiger partial charge in [0.25, 0.3) is 5.91 Å². The van der Waals surface area contributed by atoms with Crippen LogP contribution in [0.5, 0.6) is 0 Å². The van der Waals surface area contributed by atoms with E-state index in [2.05, 4.69) is 34.5 Å². The van der Waals surface area contributed by atoms with Crippen LogP contribution in [0, 0.1) is 12.8 Å². The lowest BCUT2D eigenvalue weighted by molar-refractivity contribution is -0.121. The molecule has 5 nitrogen and oxygen atoms in total. The Hall–Kier alpha value is -2.31. The average Bonchev–Trinajstić information content (AvgIpc) is 2.81. The first-order chi connectivity index (χ1) is 15.1. The number of hydrogen-bond donors (Lipinski definition) is 1. The Labute approximate surface area is 189 Å². The summed E-state index contributed by atoms with van der Waals surface area (Å²) in [5, 5.41) is 3.12. The fourth-order valence-corrected chi connectivity index (χ4v) is 5.28. The molecule has 2 amide bonds. The molecular formula is C25H31N3O2S. The Balaban J connectivity index is 1.36. The minimum Gasteiger partial charge on any atom is -0.337 e. The van der Waals surface area contributed by atoms with E-state index >= 15 is 0 Å². The van der Waals surface area contributed by atoms with Gasteiger partial charge in [-0.1, -0.05) is 30.3 Å². The van der Waals surface area contributed by atoms with Crippen LogP contribution in [0.4, 0.5) is 5.69 Å². The van der Waals surface area contributed by atoms with Crippen molar-refractivity contribution >= 4 is 29.3 Å². The number of likely N-dealkylation sites (tertiary alicyclic amines) is 1. The van der Waals surface area contributed by atoms with Crippen LogP contribution in [0.1, 0.15) is 34.3 Å². The van der Waals surface area contributed by atoms with E-state index in [-0.39, 0.29) is 17.7 Å². The summed E-state index contributed by atoms with van der Waals surface area (Å²) in [5.41, 5.74) is 3.72. The lowest BCUT2D eigenvalue weighted by atomic mass is 9.96. The fraction of sp³-hybridized carbons (Fsp3) is 0.440. The molecule has 2 saturated heterocycles. The van der Waals surface area contributed by atoms with Gasteiger partial charge in [0, 0.05) is 48.9 Å². The quantitative estimate of drug-likeness (QED) is 0.767. The first-order valence-corrected chi connectivity index (χ1v) is 12.3. The minimum absolute atomic E-state index is 0.0102. The summed E-state index contributed by atoms with van der Waals surface area (Å²) in [6, 6.07) is 16.1. The number of carbonyl (C=O) groups excluding carboxylic acids is 2. The normalized spacial score (nSPS) is 19.8. The first-order valence-electron chi connectivity index (χ1n) is 11.1. The number of nitrogens with zero attached hydrogens (tertiary/aromatic N) is 2. The largest absolute Gasteiger partial charge is 0.337 e. The Morgan fingerprint density at radius 1 is 1.06 bits per heavy atom. The number of piperidine rings is 1. The molecule has 2 aromatic carbocycles. The van der Waals surface area contributed by atoms with E-state index in [0.717, 1.165) is 68.3 Å². The molecule has 1 unspecified atom stereocenters. The molecule has 0 bridgehead atoms. The predicted octanol–water partition coefficient (Wildman–Crippen LogP) is 4.03. The van der Waals surface area contributed by atoms with Crippen molar-refractivity contribution in [2.45, 2.75) is 26.3 Å². The second kappa shape index (κ2) is 10.3. The lowest BCUT2D eigenvalue weighted by Gasteiger charge is -2.32. The van der Waals surface area contributed by atoms with Gasteiger partial charge in [0.1, 0.15) is 0 Å². The summed E-state index contributed by atoms with van der Waals surface area (Å²) in [5.74, 6) is 2.16. The maximum atomic E-state index is 13.0. The number of rotatable bonds is 5. The molecule has 164 valence electrons. The summed E-state index contributed by atoms with van der Waals surface area (Å²) in [6.45, 7) is 6.27. The Bertz CT molecular complexity index is 912. The lowest BCUT2D eigenvalue weighted by Crippen LogP contribution is -2.40. The number of hydrogen-bond acceptors (Lipinski definition) is 4. The van der Waals surface area contributed by atoms with Crippen LogP contribution < -0.4 is 5.32 Å². The van der Waals surface area contributed by atoms with Crippen LogP contribution in [-0.2, 0) is 11.3 Å². The molecule has 2 aromatic rings. The average molecular weight is 438 g/mol. The molecule has 0 saturated carbocycles. The van der Waals surface area contributed by atoms with Crippen LogP contribution in [-0.4, -0.2) is 59.3 Å². The van der Waals surface area contributed by atoms with Gasteiger partial charge < -0.3 is 10.2 Å². The van der Waals surface area contributed by atoms with Crippen molar-refractivity contribution in [3.63, 3.8) is 0 Å². The molecule has 2 fully saturated rings. The molecule has 0 aliphatic carbocycles. The molecule has 31 heavy (non-hydrogen) atoms. The minimum atomic E-state index is -0.0102. The number of thioether (sulfide) groups is 1. The summed E-state index contributed by atoms with van der Waals surface area (Å²) in [6.07, 6.45) is 1.95. The number of carbonyl (C=O) groups is 2. The van der Waals surface area contributed by atoms with Crippen molar-refractivity contribution in [1.82, 2.24) is 9.80 Å². The van der Waals surface area contributed by atoms with E-state index in [9.17, 15) is 9.59 Å². The number of aryl methyl sites for hydroxylation is 1. The van der Waals surface area contributed by atoms with Crippen molar-refractivity contribution in [1.29, 1.82) is 0 Å². The van der Waals surface area contributed by atoms with Crippen molar-refractivity contribution in [3.05, 3.63) is 65.2 Å². The fourth-order valence-electron chi connectivity index (χ4n) is 4.38. The third-order valence-corrected chi connectivity index (χ3v) is 7.10. The molecule has 2 heterocycles. The van der Waals surface area contributed by atoms with Crippen LogP contribution in [0.3, 0.4) is 0 Å². The van der Waals surface area contributed by atoms with E-state index in [1.807, 2.05) is 47.9 Å². The summed E-state index contributed by atoms with van der Waals surface area (Å²) in [7, 11) is 0. The second-order valence-electron chi connectivity index (χ2n) is 8.48. The zero-order valence-corrected chi connectivity index (χ0v) is 19.0. The first kappa shape index (κ1) is 21.9. The van der Waals surface area contributed by atoms with Gasteiger partial charge in [0.15, 0.2) is 0 Å². The number of amides is 2. The highest BCUT2D eigenvalue weighted by atomic mass is 32.2. The van der Waals surface area contributed by atoms with Crippen LogP contribution in [0.2, 0.25) is 0 Å². The van der Waals surface area contributed by atoms with Gasteiger partial charge in [-0.05, 0) is 55.6 Å². The van der Waals surface area contributed by atoms with Gasteiger partial charge >= 0.3 is 0 Å². The van der Waals surface area contributed by atoms with E-state index in [1.54, 1.807) is 0 Å². The van der Waals surface area contributed by atoms with E-state index in [1.165, 1.54) is 5.56 Å². The van der Waals surface area contributed by atoms with Crippen molar-refractivity contribution in [3.8, 4) is 0 Å². The van der Waals surface area contributed by atoms with Crippen LogP contribution in [0.25, 0.3) is 0 Å². The summed E-state index contributed by atoms with van der Waals surface area (Å²) < 4.78 is 0. The van der Waals surface area contributed by atoms with Gasteiger partial charge in [-0.2, -0.15) is 11.8 Å². The second-order valence-corrected chi connectivity index (χ2v) is 9.71. The number of nitrogens with one attached hydrogen (secondary N) is 1. The molecular weight excluding hydrogens is 406 g/mol. The van der Waals surface area contributed by atoms with Gasteiger partial charge in [-0.3, -0.25) is 14.5 Å². The third kappa shape index (κ3) is 5.69. The highest BCUT2D eigenvalue weighted by Gasteiger charge is 2.26. The predicted molar refractivity (Wildman–Crippen MR) is 127 cm³/mol. The zero-order valence-electron chi connectivity index (χ0n) is 18.2. The monoisotopic (exact) mass is 437 g/mol. The molecule has 0 aromatic heterocycles. The van der Waals surface area contributed by atoms with Crippen molar-refractivity contribution in [2.75, 3.05) is 43.0 Å². The van der Waals surface area contributed by atoms with Crippen LogP contribution in [0.15, 0.2) is 48.5 Å². The van der Waals surface area contributed by atoms with Gasteiger partial charge in [0.2, 0.25) is 5.91 Å². The zero-order chi connectivity index (χ0) is 21.6. The Morgan fingerprint density at radius 2 is 1.84 bits per heavy atom. The SMILES string of the molecule is Cc1cc(C(=O)N2CCSCC2)ccc1NC(=O)C1CCCN(Cc2ccccc2)C1. The van der Waals surface area contributed by atoms with E-state index < -0.39 is 0 Å². The van der Waals surface area contributed by atoms with E-state index in [0.29, 0.717) is 5.56 Å². The van der Waals surface area contributed by atoms with Crippen molar-refractivity contribution < 1.29 is 9.59 Å².